The molecule has 0 aliphatic heterocycles. The Balaban J connectivity index is 2.11. The topological polar surface area (TPSA) is 30.7 Å². The summed E-state index contributed by atoms with van der Waals surface area (Å²) in [6, 6.07) is 12.4. The average Bonchev–Trinajstić information content (AvgIpc) is 2.76. The molecule has 0 amide bonds. The molecule has 0 spiro atoms. The molecule has 0 bridgehead atoms. The quantitative estimate of drug-likeness (QED) is 0.685. The SMILES string of the molecule is Cc1cccc(Cn2c(CCl)nc3ccc(C)nc32)c1. The maximum Gasteiger partial charge on any atom is 0.160 e. The van der Waals surface area contributed by atoms with Crippen molar-refractivity contribution < 1.29 is 0 Å². The standard InChI is InChI=1S/C16H16ClN3/c1-11-4-3-5-13(8-11)10-20-15(9-17)19-14-7-6-12(2)18-16(14)20/h3-8H,9-10H2,1-2H3. The molecule has 0 aliphatic carbocycles. The highest BCUT2D eigenvalue weighted by Gasteiger charge is 2.11. The van der Waals surface area contributed by atoms with E-state index in [1.165, 1.54) is 11.1 Å². The van der Waals surface area contributed by atoms with E-state index in [2.05, 4.69) is 45.7 Å². The van der Waals surface area contributed by atoms with Crippen molar-refractivity contribution >= 4 is 22.8 Å². The van der Waals surface area contributed by atoms with Gasteiger partial charge in [-0.25, -0.2) is 9.97 Å². The van der Waals surface area contributed by atoms with Gasteiger partial charge in [-0.2, -0.15) is 0 Å². The Morgan fingerprint density at radius 3 is 2.70 bits per heavy atom. The summed E-state index contributed by atoms with van der Waals surface area (Å²) in [6.45, 7) is 4.83. The highest BCUT2D eigenvalue weighted by molar-refractivity contribution is 6.16. The molecule has 102 valence electrons. The minimum absolute atomic E-state index is 0.390. The van der Waals surface area contributed by atoms with Gasteiger partial charge < -0.3 is 4.57 Å². The van der Waals surface area contributed by atoms with Crippen LogP contribution >= 0.6 is 11.6 Å². The molecule has 1 aromatic carbocycles. The number of benzene rings is 1. The predicted octanol–water partition coefficient (Wildman–Crippen LogP) is 3.84. The molecular weight excluding hydrogens is 270 g/mol. The van der Waals surface area contributed by atoms with Crippen molar-refractivity contribution in [3.8, 4) is 0 Å². The predicted molar refractivity (Wildman–Crippen MR) is 82.1 cm³/mol. The third kappa shape index (κ3) is 2.41. The van der Waals surface area contributed by atoms with E-state index >= 15 is 0 Å². The second kappa shape index (κ2) is 5.25. The summed E-state index contributed by atoms with van der Waals surface area (Å²) in [7, 11) is 0. The number of nitrogens with zero attached hydrogens (tertiary/aromatic N) is 3. The van der Waals surface area contributed by atoms with Crippen LogP contribution in [0.15, 0.2) is 36.4 Å². The minimum atomic E-state index is 0.390. The molecule has 0 saturated heterocycles. The van der Waals surface area contributed by atoms with Crippen LogP contribution < -0.4 is 0 Å². The zero-order chi connectivity index (χ0) is 14.1. The number of pyridine rings is 1. The largest absolute Gasteiger partial charge is 0.307 e. The lowest BCUT2D eigenvalue weighted by Crippen LogP contribution is -2.05. The van der Waals surface area contributed by atoms with Crippen molar-refractivity contribution in [2.45, 2.75) is 26.3 Å². The van der Waals surface area contributed by atoms with E-state index in [1.807, 2.05) is 19.1 Å². The molecule has 0 radical (unpaired) electrons. The lowest BCUT2D eigenvalue weighted by molar-refractivity contribution is 0.769. The first-order chi connectivity index (χ1) is 9.67. The van der Waals surface area contributed by atoms with Crippen LogP contribution in [0.25, 0.3) is 11.2 Å². The molecule has 2 aromatic heterocycles. The molecule has 3 aromatic rings. The van der Waals surface area contributed by atoms with Gasteiger partial charge in [0.05, 0.1) is 12.4 Å². The monoisotopic (exact) mass is 285 g/mol. The van der Waals surface area contributed by atoms with Gasteiger partial charge in [-0.15, -0.1) is 11.6 Å². The minimum Gasteiger partial charge on any atom is -0.307 e. The maximum atomic E-state index is 6.03. The van der Waals surface area contributed by atoms with E-state index in [0.717, 1.165) is 29.2 Å². The molecule has 4 heteroatoms. The second-order valence-corrected chi connectivity index (χ2v) is 5.30. The Labute approximate surface area is 123 Å². The molecular formula is C16H16ClN3. The average molecular weight is 286 g/mol. The lowest BCUT2D eigenvalue weighted by atomic mass is 10.1. The molecule has 0 unspecified atom stereocenters. The Kier molecular flexibility index (Phi) is 3.45. The molecule has 3 rings (SSSR count). The van der Waals surface area contributed by atoms with Crippen LogP contribution in [0.2, 0.25) is 0 Å². The summed E-state index contributed by atoms with van der Waals surface area (Å²) in [6.07, 6.45) is 0. The normalized spacial score (nSPS) is 11.2. The van der Waals surface area contributed by atoms with Crippen LogP contribution in [0.3, 0.4) is 0 Å². The number of hydrogen-bond donors (Lipinski definition) is 0. The molecule has 3 nitrogen and oxygen atoms in total. The van der Waals surface area contributed by atoms with Gasteiger partial charge in [0.15, 0.2) is 5.65 Å². The van der Waals surface area contributed by atoms with E-state index < -0.39 is 0 Å². The van der Waals surface area contributed by atoms with Gasteiger partial charge in [-0.3, -0.25) is 0 Å². The zero-order valence-corrected chi connectivity index (χ0v) is 12.4. The van der Waals surface area contributed by atoms with E-state index in [-0.39, 0.29) is 0 Å². The van der Waals surface area contributed by atoms with Crippen molar-refractivity contribution in [2.75, 3.05) is 0 Å². The van der Waals surface area contributed by atoms with Crippen LogP contribution in [-0.2, 0) is 12.4 Å². The Hall–Kier alpha value is -1.87. The van der Waals surface area contributed by atoms with Gasteiger partial charge in [0, 0.05) is 5.69 Å². The molecule has 0 atom stereocenters. The van der Waals surface area contributed by atoms with Crippen LogP contribution in [-0.4, -0.2) is 14.5 Å². The fourth-order valence-corrected chi connectivity index (χ4v) is 2.61. The first-order valence-electron chi connectivity index (χ1n) is 6.61. The fourth-order valence-electron chi connectivity index (χ4n) is 2.40. The van der Waals surface area contributed by atoms with Crippen LogP contribution in [0.4, 0.5) is 0 Å². The van der Waals surface area contributed by atoms with Gasteiger partial charge in [-0.05, 0) is 31.5 Å². The number of imidazole rings is 1. The number of hydrogen-bond acceptors (Lipinski definition) is 2. The number of aromatic nitrogens is 3. The Morgan fingerprint density at radius 1 is 1.10 bits per heavy atom. The van der Waals surface area contributed by atoms with Crippen molar-refractivity contribution in [3.63, 3.8) is 0 Å². The van der Waals surface area contributed by atoms with E-state index in [1.54, 1.807) is 0 Å². The number of aryl methyl sites for hydroxylation is 2. The molecule has 20 heavy (non-hydrogen) atoms. The summed E-state index contributed by atoms with van der Waals surface area (Å²) in [4.78, 5) is 9.16. The van der Waals surface area contributed by atoms with Crippen molar-refractivity contribution in [1.29, 1.82) is 0 Å². The van der Waals surface area contributed by atoms with E-state index in [4.69, 9.17) is 11.6 Å². The van der Waals surface area contributed by atoms with E-state index in [9.17, 15) is 0 Å². The van der Waals surface area contributed by atoms with Gasteiger partial charge in [0.25, 0.3) is 0 Å². The number of rotatable bonds is 3. The number of halogens is 1. The summed E-state index contributed by atoms with van der Waals surface area (Å²) in [5.41, 5.74) is 5.28. The number of alkyl halides is 1. The summed E-state index contributed by atoms with van der Waals surface area (Å²) in [5.74, 6) is 1.25. The molecule has 0 N–H and O–H groups in total. The zero-order valence-electron chi connectivity index (χ0n) is 11.6. The number of fused-ring (bicyclic) bond motifs is 1. The Bertz CT molecular complexity index is 762. The van der Waals surface area contributed by atoms with Gasteiger partial charge >= 0.3 is 0 Å². The summed E-state index contributed by atoms with van der Waals surface area (Å²) < 4.78 is 2.10. The van der Waals surface area contributed by atoms with E-state index in [0.29, 0.717) is 5.88 Å². The van der Waals surface area contributed by atoms with Crippen molar-refractivity contribution in [3.05, 3.63) is 59.0 Å². The highest BCUT2D eigenvalue weighted by Crippen LogP contribution is 2.18. The van der Waals surface area contributed by atoms with Crippen molar-refractivity contribution in [2.24, 2.45) is 0 Å². The molecule has 2 heterocycles. The third-order valence-corrected chi connectivity index (χ3v) is 3.59. The fraction of sp³-hybridized carbons (Fsp3) is 0.250. The maximum absolute atomic E-state index is 6.03. The summed E-state index contributed by atoms with van der Waals surface area (Å²) in [5, 5.41) is 0. The first-order valence-corrected chi connectivity index (χ1v) is 7.15. The third-order valence-electron chi connectivity index (χ3n) is 3.35. The van der Waals surface area contributed by atoms with Crippen molar-refractivity contribution in [1.82, 2.24) is 14.5 Å². The molecule has 0 saturated carbocycles. The van der Waals surface area contributed by atoms with Gasteiger partial charge in [0.1, 0.15) is 11.3 Å². The molecule has 0 fully saturated rings. The first kappa shape index (κ1) is 13.1. The lowest BCUT2D eigenvalue weighted by Gasteiger charge is -2.08. The van der Waals surface area contributed by atoms with Crippen LogP contribution in [0, 0.1) is 13.8 Å². The van der Waals surface area contributed by atoms with Gasteiger partial charge in [0.2, 0.25) is 0 Å². The second-order valence-electron chi connectivity index (χ2n) is 5.03. The summed E-state index contributed by atoms with van der Waals surface area (Å²) >= 11 is 6.03. The van der Waals surface area contributed by atoms with Crippen LogP contribution in [0.1, 0.15) is 22.6 Å². The van der Waals surface area contributed by atoms with Crippen LogP contribution in [0.5, 0.6) is 0 Å². The highest BCUT2D eigenvalue weighted by atomic mass is 35.5. The Morgan fingerprint density at radius 2 is 1.95 bits per heavy atom. The smallest absolute Gasteiger partial charge is 0.160 e. The van der Waals surface area contributed by atoms with Gasteiger partial charge in [-0.1, -0.05) is 29.8 Å². The molecule has 0 aliphatic rings.